The Balaban J connectivity index is 1.78. The number of carbonyl (C=O) groups is 4. The van der Waals surface area contributed by atoms with Gasteiger partial charge in [-0.1, -0.05) is 17.2 Å². The van der Waals surface area contributed by atoms with Gasteiger partial charge in [0.15, 0.2) is 0 Å². The van der Waals surface area contributed by atoms with E-state index in [1.165, 1.54) is 17.0 Å². The molecule has 0 N–H and O–H groups in total. The Morgan fingerprint density at radius 2 is 1.71 bits per heavy atom. The number of hydroxylamine groups is 2. The molecule has 108 valence electrons. The number of hydrogen-bond donors (Lipinski definition) is 0. The summed E-state index contributed by atoms with van der Waals surface area (Å²) < 4.78 is 0. The Hall–Kier alpha value is -2.70. The SMILES string of the molecule is CN1CCC(C(=O)ON2C(=O)c3ccccc3C2=O)C1=O. The molecule has 0 bridgehead atoms. The monoisotopic (exact) mass is 288 g/mol. The fourth-order valence-corrected chi connectivity index (χ4v) is 2.44. The van der Waals surface area contributed by atoms with Crippen molar-refractivity contribution in [1.82, 2.24) is 9.96 Å². The Bertz CT molecular complexity index is 634. The molecular formula is C14H12N2O5. The van der Waals surface area contributed by atoms with Gasteiger partial charge in [-0.25, -0.2) is 4.79 Å². The van der Waals surface area contributed by atoms with E-state index in [-0.39, 0.29) is 17.0 Å². The number of rotatable bonds is 2. The lowest BCUT2D eigenvalue weighted by molar-refractivity contribution is -0.174. The van der Waals surface area contributed by atoms with Gasteiger partial charge in [0.2, 0.25) is 5.91 Å². The highest BCUT2D eigenvalue weighted by Gasteiger charge is 2.43. The summed E-state index contributed by atoms with van der Waals surface area (Å²) in [4.78, 5) is 54.1. The van der Waals surface area contributed by atoms with Crippen molar-refractivity contribution in [2.45, 2.75) is 6.42 Å². The number of nitrogens with zero attached hydrogens (tertiary/aromatic N) is 2. The van der Waals surface area contributed by atoms with Crippen molar-refractivity contribution in [3.63, 3.8) is 0 Å². The lowest BCUT2D eigenvalue weighted by atomic mass is 10.1. The third-order valence-electron chi connectivity index (χ3n) is 3.65. The van der Waals surface area contributed by atoms with Gasteiger partial charge < -0.3 is 9.74 Å². The van der Waals surface area contributed by atoms with E-state index in [0.29, 0.717) is 18.0 Å². The number of amides is 3. The van der Waals surface area contributed by atoms with Gasteiger partial charge in [0.25, 0.3) is 11.8 Å². The molecule has 0 saturated carbocycles. The maximum absolute atomic E-state index is 12.0. The van der Waals surface area contributed by atoms with E-state index < -0.39 is 23.7 Å². The first-order valence-corrected chi connectivity index (χ1v) is 6.45. The first-order valence-electron chi connectivity index (χ1n) is 6.45. The summed E-state index contributed by atoms with van der Waals surface area (Å²) in [6.45, 7) is 0.445. The molecule has 2 heterocycles. The van der Waals surface area contributed by atoms with Crippen LogP contribution in [0.25, 0.3) is 0 Å². The van der Waals surface area contributed by atoms with Crippen LogP contribution in [0.3, 0.4) is 0 Å². The topological polar surface area (TPSA) is 84.0 Å². The van der Waals surface area contributed by atoms with Crippen LogP contribution in [0, 0.1) is 5.92 Å². The van der Waals surface area contributed by atoms with Gasteiger partial charge in [0.05, 0.1) is 11.1 Å². The van der Waals surface area contributed by atoms with Gasteiger partial charge in [0.1, 0.15) is 5.92 Å². The minimum absolute atomic E-state index is 0.185. The van der Waals surface area contributed by atoms with E-state index in [1.807, 2.05) is 0 Å². The van der Waals surface area contributed by atoms with Crippen LogP contribution in [0.2, 0.25) is 0 Å². The minimum atomic E-state index is -0.959. The second-order valence-electron chi connectivity index (χ2n) is 4.96. The summed E-state index contributed by atoms with van der Waals surface area (Å²) in [7, 11) is 1.58. The molecule has 1 fully saturated rings. The summed E-state index contributed by atoms with van der Waals surface area (Å²) in [5.74, 6) is -3.58. The summed E-state index contributed by atoms with van der Waals surface area (Å²) in [5.41, 5.74) is 0.371. The van der Waals surface area contributed by atoms with Crippen molar-refractivity contribution < 1.29 is 24.0 Å². The molecule has 7 nitrogen and oxygen atoms in total. The molecule has 3 amide bonds. The molecule has 3 rings (SSSR count). The summed E-state index contributed by atoms with van der Waals surface area (Å²) in [5, 5.41) is 0.429. The molecular weight excluding hydrogens is 276 g/mol. The predicted molar refractivity (Wildman–Crippen MR) is 68.8 cm³/mol. The maximum Gasteiger partial charge on any atom is 0.345 e. The van der Waals surface area contributed by atoms with E-state index in [2.05, 4.69) is 0 Å². The first kappa shape index (κ1) is 13.3. The Kier molecular flexibility index (Phi) is 2.97. The first-order chi connectivity index (χ1) is 10.0. The Morgan fingerprint density at radius 1 is 1.14 bits per heavy atom. The van der Waals surface area contributed by atoms with Gasteiger partial charge in [-0.15, -0.1) is 0 Å². The van der Waals surface area contributed by atoms with Crippen LogP contribution >= 0.6 is 0 Å². The fourth-order valence-electron chi connectivity index (χ4n) is 2.44. The Morgan fingerprint density at radius 3 is 2.19 bits per heavy atom. The van der Waals surface area contributed by atoms with Crippen molar-refractivity contribution in [3.8, 4) is 0 Å². The normalized spacial score (nSPS) is 21.0. The molecule has 1 atom stereocenters. The highest BCUT2D eigenvalue weighted by atomic mass is 16.7. The fraction of sp³-hybridized carbons (Fsp3) is 0.286. The third-order valence-corrected chi connectivity index (χ3v) is 3.65. The molecule has 1 unspecified atom stereocenters. The predicted octanol–water partition coefficient (Wildman–Crippen LogP) is 0.219. The van der Waals surface area contributed by atoms with Crippen molar-refractivity contribution >= 4 is 23.7 Å². The van der Waals surface area contributed by atoms with Crippen molar-refractivity contribution in [3.05, 3.63) is 35.4 Å². The highest BCUT2D eigenvalue weighted by molar-refractivity contribution is 6.21. The quantitative estimate of drug-likeness (QED) is 0.574. The molecule has 0 radical (unpaired) electrons. The summed E-state index contributed by atoms with van der Waals surface area (Å²) in [6.07, 6.45) is 0.317. The van der Waals surface area contributed by atoms with Crippen LogP contribution in [0.4, 0.5) is 0 Å². The van der Waals surface area contributed by atoms with E-state index in [4.69, 9.17) is 4.84 Å². The third kappa shape index (κ3) is 1.97. The maximum atomic E-state index is 12.0. The second-order valence-corrected chi connectivity index (χ2v) is 4.96. The molecule has 0 aliphatic carbocycles. The van der Waals surface area contributed by atoms with Crippen LogP contribution < -0.4 is 0 Å². The summed E-state index contributed by atoms with van der Waals surface area (Å²) >= 11 is 0. The van der Waals surface area contributed by atoms with E-state index in [9.17, 15) is 19.2 Å². The molecule has 0 aromatic heterocycles. The zero-order valence-electron chi connectivity index (χ0n) is 11.2. The summed E-state index contributed by atoms with van der Waals surface area (Å²) in [6, 6.07) is 6.20. The highest BCUT2D eigenvalue weighted by Crippen LogP contribution is 2.25. The molecule has 7 heteroatoms. The molecule has 1 saturated heterocycles. The molecule has 2 aliphatic heterocycles. The Labute approximate surface area is 120 Å². The number of fused-ring (bicyclic) bond motifs is 1. The van der Waals surface area contributed by atoms with Gasteiger partial charge in [0, 0.05) is 13.6 Å². The molecule has 21 heavy (non-hydrogen) atoms. The zero-order valence-corrected chi connectivity index (χ0v) is 11.2. The van der Waals surface area contributed by atoms with Crippen LogP contribution in [0.15, 0.2) is 24.3 Å². The minimum Gasteiger partial charge on any atom is -0.345 e. The molecule has 1 aromatic carbocycles. The van der Waals surface area contributed by atoms with Crippen molar-refractivity contribution in [2.24, 2.45) is 5.92 Å². The molecule has 2 aliphatic rings. The average Bonchev–Trinajstić information content (AvgIpc) is 2.93. The van der Waals surface area contributed by atoms with Gasteiger partial charge in [-0.3, -0.25) is 14.4 Å². The largest absolute Gasteiger partial charge is 0.345 e. The van der Waals surface area contributed by atoms with Crippen molar-refractivity contribution in [2.75, 3.05) is 13.6 Å². The number of hydrogen-bond acceptors (Lipinski definition) is 5. The smallest absolute Gasteiger partial charge is 0.345 e. The lowest BCUT2D eigenvalue weighted by Crippen LogP contribution is -2.37. The van der Waals surface area contributed by atoms with E-state index in [1.54, 1.807) is 19.2 Å². The van der Waals surface area contributed by atoms with Crippen LogP contribution in [-0.2, 0) is 14.4 Å². The van der Waals surface area contributed by atoms with Crippen molar-refractivity contribution in [1.29, 1.82) is 0 Å². The van der Waals surface area contributed by atoms with Crippen LogP contribution in [-0.4, -0.2) is 47.2 Å². The number of likely N-dealkylation sites (tertiary alicyclic amines) is 1. The van der Waals surface area contributed by atoms with Gasteiger partial charge >= 0.3 is 5.97 Å². The molecule has 1 aromatic rings. The van der Waals surface area contributed by atoms with E-state index in [0.717, 1.165) is 0 Å². The standard InChI is InChI=1S/C14H12N2O5/c1-15-7-6-10(11(15)17)14(20)21-16-12(18)8-4-2-3-5-9(8)13(16)19/h2-5,10H,6-7H2,1H3. The van der Waals surface area contributed by atoms with E-state index >= 15 is 0 Å². The average molecular weight is 288 g/mol. The second kappa shape index (κ2) is 4.69. The molecule has 0 spiro atoms. The number of carbonyl (C=O) groups excluding carboxylic acids is 4. The lowest BCUT2D eigenvalue weighted by Gasteiger charge is -2.15. The number of imide groups is 1. The van der Waals surface area contributed by atoms with Crippen LogP contribution in [0.5, 0.6) is 0 Å². The van der Waals surface area contributed by atoms with Gasteiger partial charge in [-0.05, 0) is 18.6 Å². The zero-order chi connectivity index (χ0) is 15.1. The van der Waals surface area contributed by atoms with Gasteiger partial charge in [-0.2, -0.15) is 0 Å². The number of benzene rings is 1. The van der Waals surface area contributed by atoms with Crippen LogP contribution in [0.1, 0.15) is 27.1 Å².